The summed E-state index contributed by atoms with van der Waals surface area (Å²) in [5.41, 5.74) is 8.43. The number of anilines is 1. The number of rotatable bonds is 4. The predicted octanol–water partition coefficient (Wildman–Crippen LogP) is 5.18. The molecule has 30 heavy (non-hydrogen) atoms. The predicted molar refractivity (Wildman–Crippen MR) is 123 cm³/mol. The monoisotopic (exact) mass is 440 g/mol. The minimum Gasteiger partial charge on any atom is -0.379 e. The number of nitrogens with one attached hydrogen (secondary N) is 1. The van der Waals surface area contributed by atoms with Gasteiger partial charge in [0, 0.05) is 33.5 Å². The number of halogens is 1. The lowest BCUT2D eigenvalue weighted by molar-refractivity contribution is 0.102. The van der Waals surface area contributed by atoms with E-state index in [2.05, 4.69) is 15.3 Å². The number of aliphatic imine (C=N–C) groups is 1. The number of carbonyl (C=O) groups is 1. The molecular formula is C22H21FN4OS2. The Kier molecular flexibility index (Phi) is 5.62. The molecule has 1 atom stereocenters. The summed E-state index contributed by atoms with van der Waals surface area (Å²) < 4.78 is 14.6. The number of nitrogens with zero attached hydrogens (tertiary/aromatic N) is 2. The highest BCUT2D eigenvalue weighted by Gasteiger charge is 2.32. The Hall–Kier alpha value is -2.71. The normalized spacial score (nSPS) is 18.7. The van der Waals surface area contributed by atoms with E-state index in [-0.39, 0.29) is 11.7 Å². The van der Waals surface area contributed by atoms with Gasteiger partial charge < -0.3 is 11.1 Å². The molecule has 0 bridgehead atoms. The van der Waals surface area contributed by atoms with Gasteiger partial charge in [0.2, 0.25) is 0 Å². The number of nitrogens with two attached hydrogens (primary N) is 1. The van der Waals surface area contributed by atoms with Gasteiger partial charge in [-0.2, -0.15) is 0 Å². The first-order valence-corrected chi connectivity index (χ1v) is 11.3. The highest BCUT2D eigenvalue weighted by atomic mass is 32.2. The van der Waals surface area contributed by atoms with Gasteiger partial charge in [-0.05, 0) is 50.6 Å². The van der Waals surface area contributed by atoms with Crippen LogP contribution >= 0.6 is 23.1 Å². The third-order valence-electron chi connectivity index (χ3n) is 5.06. The molecule has 0 saturated carbocycles. The summed E-state index contributed by atoms with van der Waals surface area (Å²) in [6.07, 6.45) is 0.671. The lowest BCUT2D eigenvalue weighted by Crippen LogP contribution is -2.29. The van der Waals surface area contributed by atoms with Crippen molar-refractivity contribution in [2.24, 2.45) is 10.7 Å². The standard InChI is InChI=1S/C22H21FN4OS2/c1-13-25-19(12-30-13)14-3-5-15(6-4-14)20(28)26-16-7-8-18(23)17(11-16)22(2)9-10-29-21(24)27-22/h3-8,11-12H,9-10H2,1-2H3,(H2,24,27)(H,26,28). The van der Waals surface area contributed by atoms with Crippen molar-refractivity contribution in [2.75, 3.05) is 11.1 Å². The zero-order valence-corrected chi connectivity index (χ0v) is 18.2. The number of aryl methyl sites for hydroxylation is 1. The van der Waals surface area contributed by atoms with Crippen LogP contribution in [0.1, 0.15) is 34.3 Å². The second-order valence-corrected chi connectivity index (χ2v) is 9.48. The number of aromatic nitrogens is 1. The van der Waals surface area contributed by atoms with E-state index >= 15 is 0 Å². The Morgan fingerprint density at radius 3 is 2.67 bits per heavy atom. The van der Waals surface area contributed by atoms with Crippen molar-refractivity contribution >= 4 is 39.9 Å². The molecule has 0 fully saturated rings. The molecule has 0 saturated heterocycles. The average Bonchev–Trinajstić information content (AvgIpc) is 3.15. The molecule has 2 heterocycles. The molecule has 1 aliphatic rings. The molecule has 8 heteroatoms. The number of hydrogen-bond donors (Lipinski definition) is 2. The molecular weight excluding hydrogens is 419 g/mol. The first-order chi connectivity index (χ1) is 14.3. The quantitative estimate of drug-likeness (QED) is 0.586. The summed E-state index contributed by atoms with van der Waals surface area (Å²) in [7, 11) is 0. The lowest BCUT2D eigenvalue weighted by Gasteiger charge is -2.30. The first-order valence-electron chi connectivity index (χ1n) is 9.46. The Morgan fingerprint density at radius 2 is 2.00 bits per heavy atom. The molecule has 0 spiro atoms. The third kappa shape index (κ3) is 4.24. The van der Waals surface area contributed by atoms with Gasteiger partial charge in [0.25, 0.3) is 5.91 Å². The van der Waals surface area contributed by atoms with Crippen molar-refractivity contribution in [1.82, 2.24) is 4.98 Å². The van der Waals surface area contributed by atoms with Gasteiger partial charge in [-0.1, -0.05) is 23.9 Å². The molecule has 154 valence electrons. The summed E-state index contributed by atoms with van der Waals surface area (Å²) in [6, 6.07) is 11.8. The van der Waals surface area contributed by atoms with E-state index in [4.69, 9.17) is 5.73 Å². The van der Waals surface area contributed by atoms with Crippen LogP contribution in [0, 0.1) is 12.7 Å². The van der Waals surface area contributed by atoms with Crippen LogP contribution in [0.2, 0.25) is 0 Å². The maximum atomic E-state index is 14.6. The smallest absolute Gasteiger partial charge is 0.255 e. The van der Waals surface area contributed by atoms with Gasteiger partial charge in [0.15, 0.2) is 5.17 Å². The average molecular weight is 441 g/mol. The molecule has 1 aliphatic heterocycles. The summed E-state index contributed by atoms with van der Waals surface area (Å²) in [6.45, 7) is 3.82. The van der Waals surface area contributed by atoms with Gasteiger partial charge in [-0.15, -0.1) is 11.3 Å². The largest absolute Gasteiger partial charge is 0.379 e. The highest BCUT2D eigenvalue weighted by molar-refractivity contribution is 8.13. The van der Waals surface area contributed by atoms with Crippen LogP contribution in [0.3, 0.4) is 0 Å². The number of carbonyl (C=O) groups excluding carboxylic acids is 1. The van der Waals surface area contributed by atoms with E-state index in [0.29, 0.717) is 28.4 Å². The van der Waals surface area contributed by atoms with E-state index in [1.54, 1.807) is 35.6 Å². The number of thioether (sulfide) groups is 1. The van der Waals surface area contributed by atoms with E-state index in [0.717, 1.165) is 22.0 Å². The Morgan fingerprint density at radius 1 is 1.23 bits per heavy atom. The molecule has 3 N–H and O–H groups in total. The topological polar surface area (TPSA) is 80.4 Å². The van der Waals surface area contributed by atoms with Gasteiger partial charge in [-0.3, -0.25) is 9.79 Å². The fraction of sp³-hybridized carbons (Fsp3) is 0.227. The van der Waals surface area contributed by atoms with Crippen LogP contribution in [0.4, 0.5) is 10.1 Å². The van der Waals surface area contributed by atoms with E-state index in [1.165, 1.54) is 17.8 Å². The van der Waals surface area contributed by atoms with Crippen molar-refractivity contribution in [2.45, 2.75) is 25.8 Å². The summed E-state index contributed by atoms with van der Waals surface area (Å²) in [4.78, 5) is 21.6. The van der Waals surface area contributed by atoms with Gasteiger partial charge in [0.1, 0.15) is 5.82 Å². The van der Waals surface area contributed by atoms with Crippen LogP contribution in [0.5, 0.6) is 0 Å². The number of hydrogen-bond acceptors (Lipinski definition) is 6. The molecule has 2 aromatic carbocycles. The minimum atomic E-state index is -0.743. The van der Waals surface area contributed by atoms with Crippen LogP contribution in [-0.2, 0) is 5.54 Å². The van der Waals surface area contributed by atoms with Crippen molar-refractivity contribution in [3.8, 4) is 11.3 Å². The van der Waals surface area contributed by atoms with Crippen molar-refractivity contribution in [1.29, 1.82) is 0 Å². The van der Waals surface area contributed by atoms with Crippen LogP contribution < -0.4 is 11.1 Å². The molecule has 0 radical (unpaired) electrons. The van der Waals surface area contributed by atoms with Gasteiger partial charge in [0.05, 0.1) is 16.2 Å². The Balaban J connectivity index is 1.54. The fourth-order valence-corrected chi connectivity index (χ4v) is 4.98. The molecule has 1 unspecified atom stereocenters. The van der Waals surface area contributed by atoms with Crippen LogP contribution in [0.15, 0.2) is 52.8 Å². The molecule has 0 aliphatic carbocycles. The summed E-state index contributed by atoms with van der Waals surface area (Å²) in [5, 5.41) is 6.29. The van der Waals surface area contributed by atoms with Gasteiger partial charge in [-0.25, -0.2) is 9.37 Å². The molecule has 4 rings (SSSR count). The van der Waals surface area contributed by atoms with Crippen LogP contribution in [-0.4, -0.2) is 21.8 Å². The number of benzene rings is 2. The Labute approximate surface area is 182 Å². The van der Waals surface area contributed by atoms with Crippen molar-refractivity contribution in [3.63, 3.8) is 0 Å². The number of amidine groups is 1. The van der Waals surface area contributed by atoms with Crippen molar-refractivity contribution in [3.05, 3.63) is 69.8 Å². The highest BCUT2D eigenvalue weighted by Crippen LogP contribution is 2.37. The van der Waals surface area contributed by atoms with Gasteiger partial charge >= 0.3 is 0 Å². The van der Waals surface area contributed by atoms with Crippen molar-refractivity contribution < 1.29 is 9.18 Å². The summed E-state index contributed by atoms with van der Waals surface area (Å²) >= 11 is 3.05. The second kappa shape index (κ2) is 8.20. The Bertz CT molecular complexity index is 1130. The maximum Gasteiger partial charge on any atom is 0.255 e. The third-order valence-corrected chi connectivity index (χ3v) is 6.63. The van der Waals surface area contributed by atoms with E-state index in [9.17, 15) is 9.18 Å². The van der Waals surface area contributed by atoms with E-state index < -0.39 is 5.54 Å². The zero-order chi connectivity index (χ0) is 21.3. The lowest BCUT2D eigenvalue weighted by atomic mass is 9.89. The zero-order valence-electron chi connectivity index (χ0n) is 16.6. The van der Waals surface area contributed by atoms with Crippen LogP contribution in [0.25, 0.3) is 11.3 Å². The maximum absolute atomic E-state index is 14.6. The molecule has 5 nitrogen and oxygen atoms in total. The second-order valence-electron chi connectivity index (χ2n) is 7.30. The number of amides is 1. The first kappa shape index (κ1) is 20.6. The van der Waals surface area contributed by atoms with E-state index in [1.807, 2.05) is 31.4 Å². The fourth-order valence-electron chi connectivity index (χ4n) is 3.39. The summed E-state index contributed by atoms with van der Waals surface area (Å²) in [5.74, 6) is 0.148. The SMILES string of the molecule is Cc1nc(-c2ccc(C(=O)Nc3ccc(F)c(C4(C)CCSC(N)=N4)c3)cc2)cs1. The minimum absolute atomic E-state index is 0.263. The molecule has 1 aromatic heterocycles. The number of thiazole rings is 1. The molecule has 1 amide bonds. The molecule has 3 aromatic rings.